The van der Waals surface area contributed by atoms with Crippen molar-refractivity contribution in [1.82, 2.24) is 4.57 Å². The van der Waals surface area contributed by atoms with Crippen molar-refractivity contribution in [3.63, 3.8) is 0 Å². The van der Waals surface area contributed by atoms with Crippen LogP contribution in [0.25, 0.3) is 0 Å². The molecular weight excluding hydrogens is 138 g/mol. The zero-order chi connectivity index (χ0) is 6.57. The summed E-state index contributed by atoms with van der Waals surface area (Å²) in [6, 6.07) is 0.643. The van der Waals surface area contributed by atoms with Gasteiger partial charge < -0.3 is 4.57 Å². The van der Waals surface area contributed by atoms with Crippen LogP contribution in [0.5, 0.6) is 0 Å². The van der Waals surface area contributed by atoms with Gasteiger partial charge in [0.2, 0.25) is 0 Å². The highest BCUT2D eigenvalue weighted by atomic mass is 35.6. The first-order valence-electron chi connectivity index (χ1n) is 3.02. The van der Waals surface area contributed by atoms with E-state index < -0.39 is 8.99 Å². The molecule has 0 aliphatic carbocycles. The van der Waals surface area contributed by atoms with E-state index in [1.54, 1.807) is 0 Å². The van der Waals surface area contributed by atoms with Gasteiger partial charge in [-0.15, -0.1) is 0 Å². The van der Waals surface area contributed by atoms with E-state index in [0.29, 0.717) is 6.04 Å². The molecule has 0 amide bonds. The maximum absolute atomic E-state index is 5.73. The molecule has 0 aliphatic heterocycles. The van der Waals surface area contributed by atoms with Gasteiger partial charge in [0.05, 0.1) is 0 Å². The predicted molar refractivity (Wildman–Crippen MR) is 41.9 cm³/mol. The molecule has 0 bridgehead atoms. The van der Waals surface area contributed by atoms with Crippen molar-refractivity contribution in [3.05, 3.63) is 0 Å². The molecule has 0 aromatic carbocycles. The van der Waals surface area contributed by atoms with Crippen LogP contribution >= 0.6 is 11.1 Å². The predicted octanol–water partition coefficient (Wildman–Crippen LogP) is 0.954. The van der Waals surface area contributed by atoms with Gasteiger partial charge in [-0.3, -0.25) is 0 Å². The Morgan fingerprint density at radius 2 is 2.12 bits per heavy atom. The molecule has 0 N–H and O–H groups in total. The van der Waals surface area contributed by atoms with Gasteiger partial charge in [-0.25, -0.2) is 0 Å². The van der Waals surface area contributed by atoms with Crippen molar-refractivity contribution in [1.29, 1.82) is 0 Å². The van der Waals surface area contributed by atoms with Crippen molar-refractivity contribution >= 4 is 20.1 Å². The second-order valence-corrected chi connectivity index (χ2v) is 3.89. The first kappa shape index (κ1) is 8.47. The van der Waals surface area contributed by atoms with E-state index in [-0.39, 0.29) is 0 Å². The minimum absolute atomic E-state index is 0.414. The largest absolute Gasteiger partial charge is 0.315 e. The molecule has 3 heteroatoms. The lowest BCUT2D eigenvalue weighted by atomic mass is 10.4. The number of hydrogen-bond acceptors (Lipinski definition) is 1. The van der Waals surface area contributed by atoms with Gasteiger partial charge in [-0.1, -0.05) is 20.8 Å². The first-order valence-corrected chi connectivity index (χ1v) is 5.79. The summed E-state index contributed by atoms with van der Waals surface area (Å²) in [7, 11) is -0.414. The van der Waals surface area contributed by atoms with E-state index >= 15 is 0 Å². The summed E-state index contributed by atoms with van der Waals surface area (Å²) < 4.78 is 2.32. The lowest BCUT2D eigenvalue weighted by Crippen LogP contribution is -2.31. The molecule has 0 spiro atoms. The molecule has 0 aliphatic rings. The molecule has 50 valence electrons. The molecule has 0 rings (SSSR count). The Kier molecular flexibility index (Phi) is 4.61. The van der Waals surface area contributed by atoms with Crippen LogP contribution in [0.1, 0.15) is 20.8 Å². The summed E-state index contributed by atoms with van der Waals surface area (Å²) in [6.07, 6.45) is 0. The molecule has 1 nitrogen and oxygen atoms in total. The van der Waals surface area contributed by atoms with Gasteiger partial charge in [-0.2, -0.15) is 11.1 Å². The third kappa shape index (κ3) is 2.70. The maximum Gasteiger partial charge on any atom is 0.198 e. The third-order valence-corrected chi connectivity index (χ3v) is 3.70. The summed E-state index contributed by atoms with van der Waals surface area (Å²) in [5.41, 5.74) is 0. The first-order chi connectivity index (χ1) is 3.72. The lowest BCUT2D eigenvalue weighted by molar-refractivity contribution is 0.396. The van der Waals surface area contributed by atoms with Crippen molar-refractivity contribution < 1.29 is 0 Å². The van der Waals surface area contributed by atoms with E-state index in [1.807, 2.05) is 0 Å². The monoisotopic (exact) mass is 151 g/mol. The van der Waals surface area contributed by atoms with Gasteiger partial charge in [0.25, 0.3) is 0 Å². The SMILES string of the molecule is CCN([SiH2]Cl)C(C)C. The second-order valence-electron chi connectivity index (χ2n) is 2.12. The second kappa shape index (κ2) is 4.36. The van der Waals surface area contributed by atoms with E-state index in [2.05, 4.69) is 25.3 Å². The van der Waals surface area contributed by atoms with E-state index in [4.69, 9.17) is 11.1 Å². The van der Waals surface area contributed by atoms with Gasteiger partial charge in [0.15, 0.2) is 8.99 Å². The summed E-state index contributed by atoms with van der Waals surface area (Å²) in [6.45, 7) is 7.61. The average molecular weight is 152 g/mol. The molecule has 0 fully saturated rings. The molecular formula is C5H14ClNSi. The molecule has 0 saturated carbocycles. The molecule has 0 saturated heterocycles. The van der Waals surface area contributed by atoms with Crippen LogP contribution in [0.2, 0.25) is 0 Å². The Morgan fingerprint density at radius 1 is 1.62 bits per heavy atom. The molecule has 0 unspecified atom stereocenters. The van der Waals surface area contributed by atoms with E-state index in [0.717, 1.165) is 6.54 Å². The minimum atomic E-state index is -0.414. The zero-order valence-corrected chi connectivity index (χ0v) is 7.99. The Morgan fingerprint density at radius 3 is 2.12 bits per heavy atom. The van der Waals surface area contributed by atoms with Crippen LogP contribution in [-0.4, -0.2) is 26.1 Å². The highest BCUT2D eigenvalue weighted by molar-refractivity contribution is 6.92. The number of nitrogens with zero attached hydrogens (tertiary/aromatic N) is 1. The molecule has 0 aromatic rings. The summed E-state index contributed by atoms with van der Waals surface area (Å²) in [4.78, 5) is 0. The molecule has 8 heavy (non-hydrogen) atoms. The van der Waals surface area contributed by atoms with E-state index in [9.17, 15) is 0 Å². The maximum atomic E-state index is 5.73. The zero-order valence-electron chi connectivity index (χ0n) is 5.82. The van der Waals surface area contributed by atoms with Gasteiger partial charge in [0.1, 0.15) is 0 Å². The fourth-order valence-electron chi connectivity index (χ4n) is 0.588. The summed E-state index contributed by atoms with van der Waals surface area (Å²) >= 11 is 5.73. The Labute approximate surface area is 58.6 Å². The quantitative estimate of drug-likeness (QED) is 0.429. The third-order valence-electron chi connectivity index (χ3n) is 1.29. The van der Waals surface area contributed by atoms with Crippen molar-refractivity contribution in [2.24, 2.45) is 0 Å². The highest BCUT2D eigenvalue weighted by Crippen LogP contribution is 1.94. The van der Waals surface area contributed by atoms with Gasteiger partial charge >= 0.3 is 0 Å². The average Bonchev–Trinajstić information content (AvgIpc) is 1.69. The Hall–Kier alpha value is 0.467. The standard InChI is InChI=1S/C5H14ClNSi/c1-4-7(8-6)5(2)3/h5H,4,8H2,1-3H3. The number of hydrogen-bond donors (Lipinski definition) is 0. The highest BCUT2D eigenvalue weighted by Gasteiger charge is 2.02. The number of rotatable bonds is 3. The van der Waals surface area contributed by atoms with Crippen molar-refractivity contribution in [2.45, 2.75) is 26.8 Å². The molecule has 0 heterocycles. The van der Waals surface area contributed by atoms with Crippen LogP contribution in [0.4, 0.5) is 0 Å². The Bertz CT molecular complexity index is 54.4. The number of halogens is 1. The van der Waals surface area contributed by atoms with Crippen LogP contribution in [0.15, 0.2) is 0 Å². The minimum Gasteiger partial charge on any atom is -0.315 e. The van der Waals surface area contributed by atoms with Crippen LogP contribution in [0.3, 0.4) is 0 Å². The summed E-state index contributed by atoms with van der Waals surface area (Å²) in [5, 5.41) is 0. The lowest BCUT2D eigenvalue weighted by Gasteiger charge is -2.20. The topological polar surface area (TPSA) is 3.24 Å². The smallest absolute Gasteiger partial charge is 0.198 e. The molecule has 0 radical (unpaired) electrons. The molecule has 0 atom stereocenters. The van der Waals surface area contributed by atoms with Crippen molar-refractivity contribution in [2.75, 3.05) is 6.54 Å². The van der Waals surface area contributed by atoms with Gasteiger partial charge in [0, 0.05) is 0 Å². The normalized spacial score (nSPS) is 12.8. The van der Waals surface area contributed by atoms with Crippen LogP contribution in [-0.2, 0) is 0 Å². The fourth-order valence-corrected chi connectivity index (χ4v) is 2.37. The van der Waals surface area contributed by atoms with Crippen LogP contribution < -0.4 is 0 Å². The summed E-state index contributed by atoms with van der Waals surface area (Å²) in [5.74, 6) is 0. The van der Waals surface area contributed by atoms with Gasteiger partial charge in [-0.05, 0) is 12.6 Å². The fraction of sp³-hybridized carbons (Fsp3) is 1.00. The van der Waals surface area contributed by atoms with Crippen molar-refractivity contribution in [3.8, 4) is 0 Å². The molecule has 0 aromatic heterocycles. The van der Waals surface area contributed by atoms with Crippen LogP contribution in [0, 0.1) is 0 Å². The Balaban J connectivity index is 3.35. The van der Waals surface area contributed by atoms with E-state index in [1.165, 1.54) is 0 Å².